The molecule has 0 aliphatic carbocycles. The molecule has 1 saturated heterocycles. The molecule has 0 unspecified atom stereocenters. The zero-order chi connectivity index (χ0) is 14.0. The maximum absolute atomic E-state index is 11.4. The fraction of sp³-hybridized carbons (Fsp3) is 0.571. The van der Waals surface area contributed by atoms with Crippen molar-refractivity contribution >= 4 is 11.8 Å². The van der Waals surface area contributed by atoms with Gasteiger partial charge in [-0.3, -0.25) is 0 Å². The topological polar surface area (TPSA) is 56.7 Å². The average molecular weight is 263 g/mol. The molecule has 0 amide bonds. The van der Waals surface area contributed by atoms with Crippen LogP contribution in [0.1, 0.15) is 28.8 Å². The van der Waals surface area contributed by atoms with Crippen LogP contribution < -0.4 is 4.90 Å². The first-order valence-corrected chi connectivity index (χ1v) is 6.61. The minimum absolute atomic E-state index is 0.339. The van der Waals surface area contributed by atoms with Crippen LogP contribution in [0.2, 0.25) is 0 Å². The van der Waals surface area contributed by atoms with Gasteiger partial charge < -0.3 is 14.9 Å². The van der Waals surface area contributed by atoms with Gasteiger partial charge in [0.25, 0.3) is 0 Å². The lowest BCUT2D eigenvalue weighted by molar-refractivity contribution is 0.0696. The third kappa shape index (κ3) is 2.87. The summed E-state index contributed by atoms with van der Waals surface area (Å²) in [4.78, 5) is 20.0. The fourth-order valence-corrected chi connectivity index (χ4v) is 2.64. The number of rotatable bonds is 3. The molecule has 1 fully saturated rings. The third-order valence-electron chi connectivity index (χ3n) is 3.85. The highest BCUT2D eigenvalue weighted by Gasteiger charge is 2.25. The lowest BCUT2D eigenvalue weighted by Crippen LogP contribution is -2.42. The third-order valence-corrected chi connectivity index (χ3v) is 3.85. The summed E-state index contributed by atoms with van der Waals surface area (Å²) < 4.78 is 0. The Morgan fingerprint density at radius 3 is 2.58 bits per heavy atom. The van der Waals surface area contributed by atoms with Gasteiger partial charge in [-0.05, 0) is 45.5 Å². The number of aromatic nitrogens is 1. The number of carbonyl (C=O) groups is 1. The van der Waals surface area contributed by atoms with Gasteiger partial charge in [-0.25, -0.2) is 9.78 Å². The van der Waals surface area contributed by atoms with Crippen LogP contribution in [0.5, 0.6) is 0 Å². The quantitative estimate of drug-likeness (QED) is 0.898. The molecule has 0 saturated carbocycles. The Bertz CT molecular complexity index is 466. The Morgan fingerprint density at radius 2 is 2.05 bits per heavy atom. The molecule has 2 rings (SSSR count). The number of pyridine rings is 1. The average Bonchev–Trinajstić information content (AvgIpc) is 2.38. The van der Waals surface area contributed by atoms with Crippen LogP contribution in [0.3, 0.4) is 0 Å². The number of aryl methyl sites for hydroxylation is 1. The number of carboxylic acid groups (broad SMARTS) is 1. The molecule has 5 heteroatoms. The predicted molar refractivity (Wildman–Crippen MR) is 74.9 cm³/mol. The van der Waals surface area contributed by atoms with Crippen LogP contribution in [0.15, 0.2) is 12.3 Å². The van der Waals surface area contributed by atoms with E-state index in [4.69, 9.17) is 0 Å². The highest BCUT2D eigenvalue weighted by molar-refractivity contribution is 5.95. The Hall–Kier alpha value is -1.62. The second-order valence-corrected chi connectivity index (χ2v) is 5.31. The molecule has 1 aliphatic heterocycles. The predicted octanol–water partition coefficient (Wildman–Crippen LogP) is 1.62. The SMILES string of the molecule is Cc1ccnc(N2CCC(N(C)C)CC2)c1C(=O)O. The van der Waals surface area contributed by atoms with Gasteiger partial charge >= 0.3 is 5.97 Å². The van der Waals surface area contributed by atoms with E-state index in [-0.39, 0.29) is 0 Å². The van der Waals surface area contributed by atoms with E-state index in [0.717, 1.165) is 31.5 Å². The van der Waals surface area contributed by atoms with E-state index in [1.54, 1.807) is 12.3 Å². The summed E-state index contributed by atoms with van der Waals surface area (Å²) in [5, 5.41) is 9.34. The highest BCUT2D eigenvalue weighted by atomic mass is 16.4. The highest BCUT2D eigenvalue weighted by Crippen LogP contribution is 2.25. The van der Waals surface area contributed by atoms with Crippen LogP contribution in [0.4, 0.5) is 5.82 Å². The first kappa shape index (κ1) is 13.8. The van der Waals surface area contributed by atoms with E-state index in [1.165, 1.54) is 0 Å². The number of carboxylic acids is 1. The van der Waals surface area contributed by atoms with Crippen molar-refractivity contribution in [1.82, 2.24) is 9.88 Å². The molecule has 19 heavy (non-hydrogen) atoms. The van der Waals surface area contributed by atoms with Crippen molar-refractivity contribution in [3.05, 3.63) is 23.4 Å². The van der Waals surface area contributed by atoms with Gasteiger partial charge in [0.05, 0.1) is 0 Å². The molecular weight excluding hydrogens is 242 g/mol. The Balaban J connectivity index is 2.20. The number of hydrogen-bond donors (Lipinski definition) is 1. The van der Waals surface area contributed by atoms with Gasteiger partial charge in [0, 0.05) is 25.3 Å². The van der Waals surface area contributed by atoms with Crippen molar-refractivity contribution in [1.29, 1.82) is 0 Å². The molecule has 2 heterocycles. The maximum Gasteiger partial charge on any atom is 0.339 e. The Kier molecular flexibility index (Phi) is 4.04. The van der Waals surface area contributed by atoms with E-state index in [9.17, 15) is 9.90 Å². The molecule has 0 aromatic carbocycles. The number of aromatic carboxylic acids is 1. The minimum Gasteiger partial charge on any atom is -0.478 e. The van der Waals surface area contributed by atoms with Gasteiger partial charge in [-0.2, -0.15) is 0 Å². The lowest BCUT2D eigenvalue weighted by Gasteiger charge is -2.36. The number of anilines is 1. The molecule has 0 radical (unpaired) electrons. The van der Waals surface area contributed by atoms with Crippen LogP contribution in [0.25, 0.3) is 0 Å². The van der Waals surface area contributed by atoms with Crippen molar-refractivity contribution in [3.8, 4) is 0 Å². The second-order valence-electron chi connectivity index (χ2n) is 5.31. The number of piperidine rings is 1. The van der Waals surface area contributed by atoms with Crippen LogP contribution >= 0.6 is 0 Å². The summed E-state index contributed by atoms with van der Waals surface area (Å²) in [6.07, 6.45) is 3.78. The summed E-state index contributed by atoms with van der Waals surface area (Å²) in [5.74, 6) is -0.278. The van der Waals surface area contributed by atoms with E-state index in [0.29, 0.717) is 17.4 Å². The summed E-state index contributed by atoms with van der Waals surface area (Å²) in [6.45, 7) is 3.54. The van der Waals surface area contributed by atoms with E-state index in [1.807, 2.05) is 6.92 Å². The summed E-state index contributed by atoms with van der Waals surface area (Å²) in [6, 6.07) is 2.33. The van der Waals surface area contributed by atoms with Crippen LogP contribution in [-0.2, 0) is 0 Å². The Morgan fingerprint density at radius 1 is 1.42 bits per heavy atom. The number of hydrogen-bond acceptors (Lipinski definition) is 4. The number of nitrogens with zero attached hydrogens (tertiary/aromatic N) is 3. The molecule has 0 atom stereocenters. The zero-order valence-corrected chi connectivity index (χ0v) is 11.8. The van der Waals surface area contributed by atoms with E-state index < -0.39 is 5.97 Å². The standard InChI is InChI=1S/C14H21N3O2/c1-10-4-7-15-13(12(10)14(18)19)17-8-5-11(6-9-17)16(2)3/h4,7,11H,5-6,8-9H2,1-3H3,(H,18,19). The van der Waals surface area contributed by atoms with Crippen molar-refractivity contribution in [2.45, 2.75) is 25.8 Å². The van der Waals surface area contributed by atoms with Crippen molar-refractivity contribution < 1.29 is 9.90 Å². The molecule has 5 nitrogen and oxygen atoms in total. The molecule has 0 spiro atoms. The minimum atomic E-state index is -0.893. The summed E-state index contributed by atoms with van der Waals surface area (Å²) >= 11 is 0. The van der Waals surface area contributed by atoms with Gasteiger partial charge in [0.15, 0.2) is 0 Å². The molecule has 0 bridgehead atoms. The zero-order valence-electron chi connectivity index (χ0n) is 11.8. The molecule has 1 aromatic heterocycles. The van der Waals surface area contributed by atoms with Gasteiger partial charge in [0.2, 0.25) is 0 Å². The monoisotopic (exact) mass is 263 g/mol. The smallest absolute Gasteiger partial charge is 0.339 e. The van der Waals surface area contributed by atoms with Gasteiger partial charge in [0.1, 0.15) is 11.4 Å². The van der Waals surface area contributed by atoms with Crippen LogP contribution in [-0.4, -0.2) is 54.2 Å². The molecule has 104 valence electrons. The summed E-state index contributed by atoms with van der Waals surface area (Å²) in [5.41, 5.74) is 1.11. The first-order chi connectivity index (χ1) is 9.00. The van der Waals surface area contributed by atoms with Crippen molar-refractivity contribution in [3.63, 3.8) is 0 Å². The molecule has 1 aliphatic rings. The van der Waals surface area contributed by atoms with Crippen molar-refractivity contribution in [2.24, 2.45) is 0 Å². The fourth-order valence-electron chi connectivity index (χ4n) is 2.64. The molecule has 1 aromatic rings. The molecule has 1 N–H and O–H groups in total. The largest absolute Gasteiger partial charge is 0.478 e. The van der Waals surface area contributed by atoms with Gasteiger partial charge in [-0.1, -0.05) is 0 Å². The molecular formula is C14H21N3O2. The first-order valence-electron chi connectivity index (χ1n) is 6.61. The normalized spacial score (nSPS) is 16.9. The van der Waals surface area contributed by atoms with E-state index in [2.05, 4.69) is 28.9 Å². The Labute approximate surface area is 113 Å². The van der Waals surface area contributed by atoms with E-state index >= 15 is 0 Å². The lowest BCUT2D eigenvalue weighted by atomic mass is 10.0. The van der Waals surface area contributed by atoms with Crippen molar-refractivity contribution in [2.75, 3.05) is 32.1 Å². The maximum atomic E-state index is 11.4. The van der Waals surface area contributed by atoms with Gasteiger partial charge in [-0.15, -0.1) is 0 Å². The summed E-state index contributed by atoms with van der Waals surface area (Å²) in [7, 11) is 4.18. The van der Waals surface area contributed by atoms with Crippen LogP contribution in [0, 0.1) is 6.92 Å². The second kappa shape index (κ2) is 5.57.